The van der Waals surface area contributed by atoms with Crippen molar-refractivity contribution in [2.75, 3.05) is 13.2 Å². The lowest BCUT2D eigenvalue weighted by Gasteiger charge is -2.21. The maximum absolute atomic E-state index is 6.14. The van der Waals surface area contributed by atoms with Gasteiger partial charge in [-0.05, 0) is 44.3 Å². The fraction of sp³-hybridized carbons (Fsp3) is 0.526. The minimum atomic E-state index is -0.0620. The van der Waals surface area contributed by atoms with Crippen molar-refractivity contribution >= 4 is 0 Å². The molecule has 0 aliphatic carbocycles. The number of rotatable bonds is 9. The molecule has 23 heavy (non-hydrogen) atoms. The quantitative estimate of drug-likeness (QED) is 0.738. The van der Waals surface area contributed by atoms with Crippen LogP contribution in [0, 0.1) is 6.92 Å². The van der Waals surface area contributed by atoms with E-state index in [0.29, 0.717) is 6.61 Å². The molecule has 1 aromatic rings. The van der Waals surface area contributed by atoms with Gasteiger partial charge in [-0.15, -0.1) is 0 Å². The highest BCUT2D eigenvalue weighted by Gasteiger charge is 2.07. The molecular weight excluding hydrogens is 286 g/mol. The Bertz CT molecular complexity index is 458. The van der Waals surface area contributed by atoms with E-state index >= 15 is 0 Å². The molecule has 0 fully saturated rings. The summed E-state index contributed by atoms with van der Waals surface area (Å²) in [6.45, 7) is 11.4. The van der Waals surface area contributed by atoms with Gasteiger partial charge in [0.2, 0.25) is 0 Å². The van der Waals surface area contributed by atoms with E-state index in [1.165, 1.54) is 0 Å². The van der Waals surface area contributed by atoms with Gasteiger partial charge in [0.05, 0.1) is 12.2 Å². The zero-order valence-corrected chi connectivity index (χ0v) is 15.3. The second-order valence-corrected chi connectivity index (χ2v) is 5.12. The van der Waals surface area contributed by atoms with E-state index < -0.39 is 0 Å². The number of nitrogens with two attached hydrogens (primary N) is 1. The molecular formula is C19H33N3O. The molecule has 0 radical (unpaired) electrons. The SMILES string of the molecule is C/C=C\N(/C=C/CCC)CC(N)COc1cncc(C)c1.CC. The standard InChI is InChI=1S/C17H27N3O.C2H6/c1-4-6-7-9-20(8-5-2)13-16(18)14-21-17-10-15(3)11-19-12-17;1-2/h5,7-12,16H,4,6,13-14,18H2,1-3H3;1-2H3/b8-5-,9-7+;. The molecule has 1 rings (SSSR count). The van der Waals surface area contributed by atoms with Gasteiger partial charge in [0.15, 0.2) is 0 Å². The zero-order chi connectivity index (χ0) is 17.5. The number of aromatic nitrogens is 1. The summed E-state index contributed by atoms with van der Waals surface area (Å²) >= 11 is 0. The highest BCUT2D eigenvalue weighted by atomic mass is 16.5. The van der Waals surface area contributed by atoms with Gasteiger partial charge in [-0.1, -0.05) is 39.3 Å². The molecule has 130 valence electrons. The van der Waals surface area contributed by atoms with Gasteiger partial charge in [-0.3, -0.25) is 4.98 Å². The predicted octanol–water partition coefficient (Wildman–Crippen LogP) is 4.27. The minimum Gasteiger partial charge on any atom is -0.490 e. The van der Waals surface area contributed by atoms with Crippen molar-refractivity contribution in [3.8, 4) is 5.75 Å². The summed E-state index contributed by atoms with van der Waals surface area (Å²) in [7, 11) is 0. The van der Waals surface area contributed by atoms with Gasteiger partial charge in [0, 0.05) is 12.7 Å². The number of unbranched alkanes of at least 4 members (excludes halogenated alkanes) is 1. The molecule has 1 heterocycles. The third-order valence-electron chi connectivity index (χ3n) is 2.85. The lowest BCUT2D eigenvalue weighted by atomic mass is 10.3. The molecule has 0 aromatic carbocycles. The van der Waals surface area contributed by atoms with Crippen LogP contribution in [-0.2, 0) is 0 Å². The first-order valence-corrected chi connectivity index (χ1v) is 8.51. The van der Waals surface area contributed by atoms with Crippen molar-refractivity contribution < 1.29 is 4.74 Å². The van der Waals surface area contributed by atoms with Crippen molar-refractivity contribution in [2.24, 2.45) is 5.73 Å². The molecule has 0 amide bonds. The second-order valence-electron chi connectivity index (χ2n) is 5.12. The molecule has 4 heteroatoms. The van der Waals surface area contributed by atoms with Crippen LogP contribution in [0.3, 0.4) is 0 Å². The first kappa shape index (κ1) is 21.2. The summed E-state index contributed by atoms with van der Waals surface area (Å²) in [5.41, 5.74) is 7.22. The molecule has 2 N–H and O–H groups in total. The Labute approximate surface area is 142 Å². The molecule has 4 nitrogen and oxygen atoms in total. The summed E-state index contributed by atoms with van der Waals surface area (Å²) < 4.78 is 5.69. The van der Waals surface area contributed by atoms with Crippen LogP contribution in [0.1, 0.15) is 46.1 Å². The second kappa shape index (κ2) is 13.8. The first-order valence-electron chi connectivity index (χ1n) is 8.51. The molecule has 0 bridgehead atoms. The maximum Gasteiger partial charge on any atom is 0.137 e. The third kappa shape index (κ3) is 10.5. The van der Waals surface area contributed by atoms with Gasteiger partial charge in [-0.25, -0.2) is 0 Å². The van der Waals surface area contributed by atoms with Crippen LogP contribution in [0.5, 0.6) is 5.75 Å². The van der Waals surface area contributed by atoms with E-state index in [1.807, 2.05) is 46.0 Å². The summed E-state index contributed by atoms with van der Waals surface area (Å²) in [6, 6.07) is 1.90. The van der Waals surface area contributed by atoms with Gasteiger partial charge in [-0.2, -0.15) is 0 Å². The molecule has 0 saturated carbocycles. The number of pyridine rings is 1. The Kier molecular flexibility index (Phi) is 12.7. The van der Waals surface area contributed by atoms with Crippen molar-refractivity contribution in [2.45, 2.75) is 53.5 Å². The van der Waals surface area contributed by atoms with Gasteiger partial charge in [0.1, 0.15) is 12.4 Å². The average Bonchev–Trinajstić information content (AvgIpc) is 2.55. The van der Waals surface area contributed by atoms with E-state index in [0.717, 1.165) is 30.7 Å². The van der Waals surface area contributed by atoms with Gasteiger partial charge in [0.25, 0.3) is 0 Å². The van der Waals surface area contributed by atoms with Crippen LogP contribution in [0.4, 0.5) is 0 Å². The molecule has 0 aliphatic rings. The normalized spacial score (nSPS) is 12.1. The third-order valence-corrected chi connectivity index (χ3v) is 2.85. The number of ether oxygens (including phenoxy) is 1. The Morgan fingerprint density at radius 2 is 2.04 bits per heavy atom. The summed E-state index contributed by atoms with van der Waals surface area (Å²) in [5.74, 6) is 0.768. The van der Waals surface area contributed by atoms with Gasteiger partial charge >= 0.3 is 0 Å². The highest BCUT2D eigenvalue weighted by Crippen LogP contribution is 2.10. The van der Waals surface area contributed by atoms with Crippen LogP contribution in [-0.4, -0.2) is 29.1 Å². The van der Waals surface area contributed by atoms with Crippen LogP contribution < -0.4 is 10.5 Å². The Morgan fingerprint density at radius 3 is 2.65 bits per heavy atom. The maximum atomic E-state index is 6.14. The average molecular weight is 319 g/mol. The van der Waals surface area contributed by atoms with Crippen LogP contribution in [0.2, 0.25) is 0 Å². The van der Waals surface area contributed by atoms with E-state index in [9.17, 15) is 0 Å². The zero-order valence-electron chi connectivity index (χ0n) is 15.3. The summed E-state index contributed by atoms with van der Waals surface area (Å²) in [6.07, 6.45) is 14.0. The Balaban J connectivity index is 0.00000232. The minimum absolute atomic E-state index is 0.0620. The fourth-order valence-corrected chi connectivity index (χ4v) is 1.87. The molecule has 1 unspecified atom stereocenters. The van der Waals surface area contributed by atoms with Crippen molar-refractivity contribution in [3.63, 3.8) is 0 Å². The highest BCUT2D eigenvalue weighted by molar-refractivity contribution is 5.22. The Hall–Kier alpha value is -1.81. The van der Waals surface area contributed by atoms with E-state index in [1.54, 1.807) is 12.4 Å². The molecule has 1 atom stereocenters. The lowest BCUT2D eigenvalue weighted by molar-refractivity contribution is 0.267. The van der Waals surface area contributed by atoms with Crippen molar-refractivity contribution in [3.05, 3.63) is 48.6 Å². The Morgan fingerprint density at radius 1 is 1.30 bits per heavy atom. The largest absolute Gasteiger partial charge is 0.490 e. The molecule has 0 saturated heterocycles. The molecule has 1 aromatic heterocycles. The van der Waals surface area contributed by atoms with Gasteiger partial charge < -0.3 is 15.4 Å². The van der Waals surface area contributed by atoms with Crippen LogP contribution in [0.15, 0.2) is 43.0 Å². The monoisotopic (exact) mass is 319 g/mol. The van der Waals surface area contributed by atoms with Crippen molar-refractivity contribution in [1.82, 2.24) is 9.88 Å². The van der Waals surface area contributed by atoms with E-state index in [2.05, 4.69) is 29.1 Å². The predicted molar refractivity (Wildman–Crippen MR) is 99.4 cm³/mol. The number of hydrogen-bond acceptors (Lipinski definition) is 4. The first-order chi connectivity index (χ1) is 11.2. The number of hydrogen-bond donors (Lipinski definition) is 1. The topological polar surface area (TPSA) is 51.4 Å². The molecule has 0 aliphatic heterocycles. The van der Waals surface area contributed by atoms with Crippen molar-refractivity contribution in [1.29, 1.82) is 0 Å². The lowest BCUT2D eigenvalue weighted by Crippen LogP contribution is -2.37. The van der Waals surface area contributed by atoms with E-state index in [4.69, 9.17) is 10.5 Å². The van der Waals surface area contributed by atoms with Crippen LogP contribution in [0.25, 0.3) is 0 Å². The molecule has 0 spiro atoms. The fourth-order valence-electron chi connectivity index (χ4n) is 1.87. The number of allylic oxidation sites excluding steroid dienone is 2. The number of aryl methyl sites for hydroxylation is 1. The smallest absolute Gasteiger partial charge is 0.137 e. The summed E-state index contributed by atoms with van der Waals surface area (Å²) in [4.78, 5) is 6.20. The summed E-state index contributed by atoms with van der Waals surface area (Å²) in [5, 5.41) is 0. The van der Waals surface area contributed by atoms with Crippen LogP contribution >= 0.6 is 0 Å². The van der Waals surface area contributed by atoms with E-state index in [-0.39, 0.29) is 6.04 Å². The number of nitrogens with zero attached hydrogens (tertiary/aromatic N) is 2.